The largest absolute Gasteiger partial charge is 0.356 e. The summed E-state index contributed by atoms with van der Waals surface area (Å²) in [6.07, 6.45) is 0. The summed E-state index contributed by atoms with van der Waals surface area (Å²) >= 11 is 0. The van der Waals surface area contributed by atoms with Gasteiger partial charge < -0.3 is 5.32 Å². The summed E-state index contributed by atoms with van der Waals surface area (Å²) in [5.41, 5.74) is 5.62. The van der Waals surface area contributed by atoms with Crippen LogP contribution in [0.1, 0.15) is 80.4 Å². The van der Waals surface area contributed by atoms with Crippen LogP contribution < -0.4 is 15.7 Å². The Morgan fingerprint density at radius 1 is 0.548 bits per heavy atom. The lowest BCUT2D eigenvalue weighted by atomic mass is 9.80. The summed E-state index contributed by atoms with van der Waals surface area (Å²) in [4.78, 5) is 0. The molecule has 0 fully saturated rings. The lowest BCUT2D eigenvalue weighted by molar-refractivity contribution is 0.569. The molecule has 2 aromatic rings. The lowest BCUT2D eigenvalue weighted by Gasteiger charge is -2.27. The second-order valence-corrected chi connectivity index (χ2v) is 18.7. The van der Waals surface area contributed by atoms with Crippen LogP contribution in [-0.4, -0.2) is 17.6 Å². The molecule has 0 bridgehead atoms. The van der Waals surface area contributed by atoms with Crippen LogP contribution in [0.3, 0.4) is 0 Å². The van der Waals surface area contributed by atoms with Gasteiger partial charge in [0, 0.05) is 11.4 Å². The molecule has 0 aliphatic rings. The van der Waals surface area contributed by atoms with Gasteiger partial charge in [0.1, 0.15) is 0 Å². The zero-order valence-corrected chi connectivity index (χ0v) is 24.3. The molecule has 0 saturated heterocycles. The van der Waals surface area contributed by atoms with E-state index in [1.54, 1.807) is 10.4 Å². The molecule has 0 saturated carbocycles. The van der Waals surface area contributed by atoms with Gasteiger partial charge in [0.25, 0.3) is 0 Å². The summed E-state index contributed by atoms with van der Waals surface area (Å²) < 4.78 is 0. The number of rotatable bonds is 8. The average Bonchev–Trinajstić information content (AvgIpc) is 2.68. The summed E-state index contributed by atoms with van der Waals surface area (Å²) in [6.45, 7) is 23.4. The molecule has 0 amide bonds. The molecule has 0 heterocycles. The second-order valence-electron chi connectivity index (χ2n) is 11.3. The van der Waals surface area contributed by atoms with Crippen LogP contribution in [0.2, 0.25) is 24.2 Å². The van der Waals surface area contributed by atoms with Crippen LogP contribution in [0, 0.1) is 0 Å². The van der Waals surface area contributed by atoms with Crippen LogP contribution in [0.4, 0.5) is 11.4 Å². The maximum absolute atomic E-state index is 3.86. The van der Waals surface area contributed by atoms with Gasteiger partial charge in [-0.25, -0.2) is 0 Å². The minimum absolute atomic E-state index is 0.134. The van der Waals surface area contributed by atoms with Crippen LogP contribution in [0.5, 0.6) is 0 Å². The Labute approximate surface area is 196 Å². The SMILES string of the molecule is CC[SiH](CC)c1cc(Nc2cc(C(C)(C)C)cc(C(C)(C)C)c2)cc([SiH](CC)CC)c1. The Balaban J connectivity index is 2.58. The predicted octanol–water partition coefficient (Wildman–Crippen LogP) is 6.97. The molecule has 172 valence electrons. The molecule has 0 spiro atoms. The molecule has 0 unspecified atom stereocenters. The zero-order valence-electron chi connectivity index (χ0n) is 21.9. The molecular formula is C28H47NSi2. The van der Waals surface area contributed by atoms with E-state index in [9.17, 15) is 0 Å². The molecular weight excluding hydrogens is 406 g/mol. The van der Waals surface area contributed by atoms with E-state index in [4.69, 9.17) is 0 Å². The van der Waals surface area contributed by atoms with Crippen LogP contribution in [0.25, 0.3) is 0 Å². The molecule has 2 rings (SSSR count). The summed E-state index contributed by atoms with van der Waals surface area (Å²) in [5.74, 6) is 0. The second kappa shape index (κ2) is 10.5. The molecule has 3 heteroatoms. The quantitative estimate of drug-likeness (QED) is 0.425. The van der Waals surface area contributed by atoms with Crippen molar-refractivity contribution in [3.8, 4) is 0 Å². The Morgan fingerprint density at radius 2 is 0.903 bits per heavy atom. The van der Waals surface area contributed by atoms with E-state index in [1.807, 2.05) is 0 Å². The highest BCUT2D eigenvalue weighted by Crippen LogP contribution is 2.33. The van der Waals surface area contributed by atoms with Gasteiger partial charge in [-0.3, -0.25) is 0 Å². The minimum atomic E-state index is -0.870. The van der Waals surface area contributed by atoms with Crippen molar-refractivity contribution in [3.05, 3.63) is 47.5 Å². The number of hydrogen-bond donors (Lipinski definition) is 1. The Bertz CT molecular complexity index is 788. The van der Waals surface area contributed by atoms with Crippen molar-refractivity contribution in [1.29, 1.82) is 0 Å². The topological polar surface area (TPSA) is 12.0 Å². The maximum Gasteiger partial charge on any atom is 0.0703 e. The summed E-state index contributed by atoms with van der Waals surface area (Å²) in [6, 6.07) is 20.1. The van der Waals surface area contributed by atoms with Crippen molar-refractivity contribution >= 4 is 39.3 Å². The highest BCUT2D eigenvalue weighted by molar-refractivity contribution is 6.76. The van der Waals surface area contributed by atoms with Gasteiger partial charge in [-0.1, -0.05) is 116 Å². The molecule has 0 atom stereocenters. The maximum atomic E-state index is 3.86. The van der Waals surface area contributed by atoms with E-state index in [0.717, 1.165) is 0 Å². The highest BCUT2D eigenvalue weighted by atomic mass is 28.3. The lowest BCUT2D eigenvalue weighted by Crippen LogP contribution is -2.36. The normalized spacial score (nSPS) is 12.6. The fourth-order valence-electron chi connectivity index (χ4n) is 4.47. The number of benzene rings is 2. The first-order valence-electron chi connectivity index (χ1n) is 12.5. The minimum Gasteiger partial charge on any atom is -0.356 e. The van der Waals surface area contributed by atoms with E-state index in [-0.39, 0.29) is 10.8 Å². The van der Waals surface area contributed by atoms with Crippen molar-refractivity contribution in [2.45, 2.75) is 104 Å². The standard InChI is InChI=1S/C28H47NSi2/c1-11-30(12-2)25-18-24(19-26(20-25)31(13-3)14-4)29-23-16-21(27(5,6)7)15-22(17-23)28(8,9)10/h15-20,29-31H,11-14H2,1-10H3. The summed E-state index contributed by atoms with van der Waals surface area (Å²) in [7, 11) is -1.74. The first-order chi connectivity index (χ1) is 14.4. The predicted molar refractivity (Wildman–Crippen MR) is 149 cm³/mol. The van der Waals surface area contributed by atoms with Gasteiger partial charge in [-0.15, -0.1) is 0 Å². The van der Waals surface area contributed by atoms with Crippen molar-refractivity contribution < 1.29 is 0 Å². The Morgan fingerprint density at radius 3 is 1.23 bits per heavy atom. The van der Waals surface area contributed by atoms with Crippen LogP contribution in [-0.2, 0) is 10.8 Å². The van der Waals surface area contributed by atoms with Gasteiger partial charge in [-0.2, -0.15) is 0 Å². The molecule has 0 aliphatic heterocycles. The molecule has 1 N–H and O–H groups in total. The monoisotopic (exact) mass is 453 g/mol. The van der Waals surface area contributed by atoms with E-state index in [1.165, 1.54) is 46.7 Å². The van der Waals surface area contributed by atoms with Gasteiger partial charge in [0.15, 0.2) is 0 Å². The molecule has 2 aromatic carbocycles. The highest BCUT2D eigenvalue weighted by Gasteiger charge is 2.21. The third-order valence-corrected chi connectivity index (χ3v) is 13.3. The van der Waals surface area contributed by atoms with E-state index in [0.29, 0.717) is 0 Å². The summed E-state index contributed by atoms with van der Waals surface area (Å²) in [5, 5.41) is 7.18. The van der Waals surface area contributed by atoms with Gasteiger partial charge in [0.05, 0.1) is 17.6 Å². The molecule has 0 aliphatic carbocycles. The van der Waals surface area contributed by atoms with Gasteiger partial charge in [-0.05, 0) is 46.2 Å². The van der Waals surface area contributed by atoms with Gasteiger partial charge in [0.2, 0.25) is 0 Å². The number of anilines is 2. The Kier molecular flexibility index (Phi) is 8.81. The third-order valence-electron chi connectivity index (χ3n) is 6.85. The van der Waals surface area contributed by atoms with Gasteiger partial charge >= 0.3 is 0 Å². The zero-order chi connectivity index (χ0) is 23.4. The van der Waals surface area contributed by atoms with Crippen LogP contribution in [0.15, 0.2) is 36.4 Å². The number of nitrogens with one attached hydrogen (secondary N) is 1. The fourth-order valence-corrected chi connectivity index (χ4v) is 9.39. The van der Waals surface area contributed by atoms with Crippen molar-refractivity contribution in [2.75, 3.05) is 5.32 Å². The van der Waals surface area contributed by atoms with Crippen molar-refractivity contribution in [2.24, 2.45) is 0 Å². The Hall–Kier alpha value is -1.33. The van der Waals surface area contributed by atoms with E-state index >= 15 is 0 Å². The molecule has 0 aromatic heterocycles. The van der Waals surface area contributed by atoms with Crippen molar-refractivity contribution in [3.63, 3.8) is 0 Å². The first kappa shape index (κ1) is 25.9. The van der Waals surface area contributed by atoms with E-state index in [2.05, 4.69) is 111 Å². The average molecular weight is 454 g/mol. The first-order valence-corrected chi connectivity index (χ1v) is 16.9. The smallest absolute Gasteiger partial charge is 0.0703 e. The van der Waals surface area contributed by atoms with Crippen molar-refractivity contribution in [1.82, 2.24) is 0 Å². The van der Waals surface area contributed by atoms with E-state index < -0.39 is 17.6 Å². The molecule has 31 heavy (non-hydrogen) atoms. The third kappa shape index (κ3) is 6.82. The molecule has 0 radical (unpaired) electrons. The van der Waals surface area contributed by atoms with Crippen LogP contribution >= 0.6 is 0 Å². The fraction of sp³-hybridized carbons (Fsp3) is 0.571. The number of hydrogen-bond acceptors (Lipinski definition) is 1. The molecule has 1 nitrogen and oxygen atoms in total.